The number of carboxylic acid groups (broad SMARTS) is 1. The summed E-state index contributed by atoms with van der Waals surface area (Å²) in [6.07, 6.45) is 1.96. The van der Waals surface area contributed by atoms with E-state index in [1.165, 1.54) is 0 Å². The maximum atomic E-state index is 12.9. The third kappa shape index (κ3) is 4.56. The lowest BCUT2D eigenvalue weighted by Gasteiger charge is -2.53. The number of likely N-dealkylation sites (tertiary alicyclic amines) is 1. The van der Waals surface area contributed by atoms with Gasteiger partial charge in [0.15, 0.2) is 0 Å². The van der Waals surface area contributed by atoms with Crippen LogP contribution in [0.5, 0.6) is 5.75 Å². The van der Waals surface area contributed by atoms with Crippen molar-refractivity contribution in [3.63, 3.8) is 0 Å². The molecule has 3 aliphatic rings. The number of halogens is 1. The number of hydrogen-bond donors (Lipinski definition) is 1. The molecule has 31 heavy (non-hydrogen) atoms. The van der Waals surface area contributed by atoms with Crippen LogP contribution in [0.15, 0.2) is 18.2 Å². The van der Waals surface area contributed by atoms with Crippen LogP contribution in [-0.2, 0) is 14.3 Å². The van der Waals surface area contributed by atoms with Crippen LogP contribution in [-0.4, -0.2) is 46.7 Å². The number of carboxylic acids is 1. The topological polar surface area (TPSA) is 76.1 Å². The van der Waals surface area contributed by atoms with Crippen molar-refractivity contribution < 1.29 is 24.2 Å². The Labute approximate surface area is 188 Å². The first-order chi connectivity index (χ1) is 14.4. The summed E-state index contributed by atoms with van der Waals surface area (Å²) in [5.41, 5.74) is 0.0757. The third-order valence-electron chi connectivity index (χ3n) is 7.06. The van der Waals surface area contributed by atoms with Crippen molar-refractivity contribution in [1.29, 1.82) is 0 Å². The number of piperidine rings is 1. The smallest absolute Gasteiger partial charge is 0.303 e. The summed E-state index contributed by atoms with van der Waals surface area (Å²) in [6, 6.07) is 5.72. The maximum absolute atomic E-state index is 12.9. The lowest BCUT2D eigenvalue weighted by Crippen LogP contribution is -2.56. The van der Waals surface area contributed by atoms with Crippen LogP contribution in [0, 0.1) is 17.3 Å². The molecular formula is C24H32ClNO5. The molecule has 6 nitrogen and oxygen atoms in total. The minimum absolute atomic E-state index is 0.0149. The predicted octanol–water partition coefficient (Wildman–Crippen LogP) is 4.70. The molecule has 1 amide bonds. The highest BCUT2D eigenvalue weighted by Crippen LogP contribution is 2.53. The van der Waals surface area contributed by atoms with Crippen LogP contribution in [0.2, 0.25) is 5.02 Å². The van der Waals surface area contributed by atoms with Gasteiger partial charge in [0.25, 0.3) is 0 Å². The fourth-order valence-electron chi connectivity index (χ4n) is 5.50. The summed E-state index contributed by atoms with van der Waals surface area (Å²) in [6.45, 7) is 9.17. The molecule has 4 atom stereocenters. The molecule has 0 unspecified atom stereocenters. The van der Waals surface area contributed by atoms with E-state index in [0.29, 0.717) is 18.1 Å². The Hall–Kier alpha value is -1.79. The summed E-state index contributed by atoms with van der Waals surface area (Å²) in [7, 11) is 0. The van der Waals surface area contributed by atoms with Gasteiger partial charge >= 0.3 is 5.97 Å². The van der Waals surface area contributed by atoms with Gasteiger partial charge in [-0.05, 0) is 50.3 Å². The molecule has 2 saturated heterocycles. The second kappa shape index (κ2) is 7.96. The number of fused-ring (bicyclic) bond motifs is 4. The summed E-state index contributed by atoms with van der Waals surface area (Å²) >= 11 is 6.26. The van der Waals surface area contributed by atoms with E-state index in [-0.39, 0.29) is 48.4 Å². The first-order valence-electron chi connectivity index (χ1n) is 11.1. The van der Waals surface area contributed by atoms with Crippen molar-refractivity contribution in [3.8, 4) is 5.75 Å². The molecule has 0 radical (unpaired) electrons. The van der Waals surface area contributed by atoms with Gasteiger partial charge in [0.1, 0.15) is 11.4 Å². The quantitative estimate of drug-likeness (QED) is 0.721. The predicted molar refractivity (Wildman–Crippen MR) is 117 cm³/mol. The van der Waals surface area contributed by atoms with E-state index >= 15 is 0 Å². The average Bonchev–Trinajstić information content (AvgIpc) is 2.65. The van der Waals surface area contributed by atoms with Crippen molar-refractivity contribution in [1.82, 2.24) is 4.90 Å². The summed E-state index contributed by atoms with van der Waals surface area (Å²) in [5.74, 6) is 0.400. The molecule has 0 bridgehead atoms. The van der Waals surface area contributed by atoms with E-state index in [1.54, 1.807) is 0 Å². The lowest BCUT2D eigenvalue weighted by molar-refractivity contribution is -0.189. The standard InChI is InChI=1S/C24H32ClNO5/c1-23(2,12-21(28)29)11-20(27)26-8-7-18-14(13-26)9-17-22(30-18)16-10-15(25)5-6-19(16)31-24(17,3)4/h5-6,10,14,17-18,22H,7-9,11-13H2,1-4H3,(H,28,29)/t14-,17+,18+,22-/m1/s1. The second-order valence-corrected chi connectivity index (χ2v) is 11.1. The van der Waals surface area contributed by atoms with E-state index < -0.39 is 11.4 Å². The first kappa shape index (κ1) is 22.4. The van der Waals surface area contributed by atoms with Crippen LogP contribution in [0.4, 0.5) is 0 Å². The van der Waals surface area contributed by atoms with Gasteiger partial charge in [-0.25, -0.2) is 0 Å². The van der Waals surface area contributed by atoms with Crippen molar-refractivity contribution >= 4 is 23.5 Å². The molecular weight excluding hydrogens is 418 g/mol. The Morgan fingerprint density at radius 3 is 2.74 bits per heavy atom. The van der Waals surface area contributed by atoms with E-state index in [9.17, 15) is 9.59 Å². The Kier molecular flexibility index (Phi) is 5.76. The number of benzene rings is 1. The summed E-state index contributed by atoms with van der Waals surface area (Å²) in [5, 5.41) is 9.79. The largest absolute Gasteiger partial charge is 0.487 e. The Balaban J connectivity index is 1.48. The van der Waals surface area contributed by atoms with Gasteiger partial charge < -0.3 is 19.5 Å². The monoisotopic (exact) mass is 449 g/mol. The van der Waals surface area contributed by atoms with Crippen LogP contribution >= 0.6 is 11.6 Å². The molecule has 7 heteroatoms. The van der Waals surface area contributed by atoms with Crippen molar-refractivity contribution in [2.45, 2.75) is 71.2 Å². The highest BCUT2D eigenvalue weighted by atomic mass is 35.5. The van der Waals surface area contributed by atoms with Gasteiger partial charge in [-0.15, -0.1) is 0 Å². The van der Waals surface area contributed by atoms with Crippen LogP contribution in [0.1, 0.15) is 65.0 Å². The molecule has 0 spiro atoms. The molecule has 1 N–H and O–H groups in total. The fourth-order valence-corrected chi connectivity index (χ4v) is 5.68. The van der Waals surface area contributed by atoms with Crippen molar-refractivity contribution in [2.75, 3.05) is 13.1 Å². The van der Waals surface area contributed by atoms with Gasteiger partial charge in [-0.3, -0.25) is 9.59 Å². The zero-order valence-electron chi connectivity index (χ0n) is 18.7. The van der Waals surface area contributed by atoms with Crippen LogP contribution < -0.4 is 4.74 Å². The number of rotatable bonds is 4. The van der Waals surface area contributed by atoms with Crippen molar-refractivity contribution in [3.05, 3.63) is 28.8 Å². The number of hydrogen-bond acceptors (Lipinski definition) is 4. The maximum Gasteiger partial charge on any atom is 0.303 e. The summed E-state index contributed by atoms with van der Waals surface area (Å²) in [4.78, 5) is 25.9. The highest BCUT2D eigenvalue weighted by molar-refractivity contribution is 6.30. The molecule has 170 valence electrons. The molecule has 0 aromatic heterocycles. The Morgan fingerprint density at radius 2 is 2.03 bits per heavy atom. The number of amides is 1. The number of nitrogens with zero attached hydrogens (tertiary/aromatic N) is 1. The third-order valence-corrected chi connectivity index (χ3v) is 7.30. The molecule has 1 aromatic carbocycles. The molecule has 1 aromatic rings. The highest BCUT2D eigenvalue weighted by Gasteiger charge is 2.51. The van der Waals surface area contributed by atoms with Gasteiger partial charge in [-0.2, -0.15) is 0 Å². The minimum Gasteiger partial charge on any atom is -0.487 e. The zero-order chi connectivity index (χ0) is 22.6. The molecule has 0 saturated carbocycles. The van der Waals surface area contributed by atoms with Gasteiger partial charge in [0.05, 0.1) is 18.6 Å². The SMILES string of the molecule is CC(C)(CC(=O)O)CC(=O)N1CC[C@@H]2O[C@@H]3c4cc(Cl)ccc4OC(C)(C)[C@H]3C[C@@H]2C1. The van der Waals surface area contributed by atoms with E-state index in [2.05, 4.69) is 13.8 Å². The molecule has 3 heterocycles. The number of carbonyl (C=O) groups is 2. The number of carbonyl (C=O) groups excluding carboxylic acids is 1. The van der Waals surface area contributed by atoms with E-state index in [4.69, 9.17) is 26.2 Å². The zero-order valence-corrected chi connectivity index (χ0v) is 19.4. The van der Waals surface area contributed by atoms with Gasteiger partial charge in [0.2, 0.25) is 5.91 Å². The van der Waals surface area contributed by atoms with E-state index in [1.807, 2.05) is 36.9 Å². The first-order valence-corrected chi connectivity index (χ1v) is 11.5. The molecule has 3 aliphatic heterocycles. The van der Waals surface area contributed by atoms with E-state index in [0.717, 1.165) is 24.2 Å². The molecule has 2 fully saturated rings. The van der Waals surface area contributed by atoms with Crippen LogP contribution in [0.25, 0.3) is 0 Å². The molecule has 0 aliphatic carbocycles. The van der Waals surface area contributed by atoms with Crippen LogP contribution in [0.3, 0.4) is 0 Å². The normalized spacial score (nSPS) is 29.3. The lowest BCUT2D eigenvalue weighted by atomic mass is 9.70. The van der Waals surface area contributed by atoms with Gasteiger partial charge in [0, 0.05) is 41.9 Å². The summed E-state index contributed by atoms with van der Waals surface area (Å²) < 4.78 is 13.0. The second-order valence-electron chi connectivity index (χ2n) is 10.6. The minimum atomic E-state index is -0.872. The number of ether oxygens (including phenoxy) is 2. The van der Waals surface area contributed by atoms with Crippen molar-refractivity contribution in [2.24, 2.45) is 17.3 Å². The average molecular weight is 450 g/mol. The van der Waals surface area contributed by atoms with Gasteiger partial charge in [-0.1, -0.05) is 25.4 Å². The molecule has 4 rings (SSSR count). The Morgan fingerprint density at radius 1 is 1.29 bits per heavy atom. The fraction of sp³-hybridized carbons (Fsp3) is 0.667. The number of aliphatic carboxylic acids is 1. The Bertz CT molecular complexity index is 883.